The van der Waals surface area contributed by atoms with Crippen molar-refractivity contribution in [3.8, 4) is 0 Å². The second-order valence-electron chi connectivity index (χ2n) is 7.33. The molecule has 0 unspecified atom stereocenters. The van der Waals surface area contributed by atoms with Crippen LogP contribution in [0.3, 0.4) is 0 Å². The Morgan fingerprint density at radius 3 is 2.46 bits per heavy atom. The fourth-order valence-corrected chi connectivity index (χ4v) is 3.33. The maximum Gasteiger partial charge on any atom is 0.191 e. The molecule has 154 valence electrons. The van der Waals surface area contributed by atoms with E-state index in [1.54, 1.807) is 0 Å². The van der Waals surface area contributed by atoms with Crippen LogP contribution in [0.2, 0.25) is 0 Å². The summed E-state index contributed by atoms with van der Waals surface area (Å²) in [5.74, 6) is 1.44. The summed E-state index contributed by atoms with van der Waals surface area (Å²) < 4.78 is 11.2. The first kappa shape index (κ1) is 23.2. The molecular weight excluding hydrogens is 330 g/mol. The minimum absolute atomic E-state index is 0.449. The molecule has 0 aromatic heterocycles. The first-order chi connectivity index (χ1) is 12.6. The minimum atomic E-state index is -0.682. The van der Waals surface area contributed by atoms with Gasteiger partial charge in [-0.3, -0.25) is 4.99 Å². The van der Waals surface area contributed by atoms with E-state index in [1.165, 1.54) is 0 Å². The van der Waals surface area contributed by atoms with Gasteiger partial charge in [-0.1, -0.05) is 26.7 Å². The van der Waals surface area contributed by atoms with Crippen LogP contribution in [0, 0.1) is 5.92 Å². The van der Waals surface area contributed by atoms with Crippen molar-refractivity contribution in [3.63, 3.8) is 0 Å². The summed E-state index contributed by atoms with van der Waals surface area (Å²) in [4.78, 5) is 4.60. The number of rotatable bonds is 13. The Morgan fingerprint density at radius 2 is 1.85 bits per heavy atom. The molecule has 0 radical (unpaired) electrons. The van der Waals surface area contributed by atoms with Gasteiger partial charge in [-0.15, -0.1) is 0 Å². The van der Waals surface area contributed by atoms with E-state index >= 15 is 0 Å². The van der Waals surface area contributed by atoms with Crippen LogP contribution in [0.15, 0.2) is 4.99 Å². The normalized spacial score (nSPS) is 16.7. The number of hydrogen-bond donors (Lipinski definition) is 3. The number of ether oxygens (including phenoxy) is 2. The average molecular weight is 372 g/mol. The molecule has 0 bridgehead atoms. The van der Waals surface area contributed by atoms with Crippen LogP contribution in [0.25, 0.3) is 0 Å². The molecule has 0 aromatic rings. The molecule has 6 heteroatoms. The Hall–Kier alpha value is -0.850. The molecule has 6 nitrogen and oxygen atoms in total. The van der Waals surface area contributed by atoms with Crippen molar-refractivity contribution >= 4 is 5.96 Å². The van der Waals surface area contributed by atoms with Crippen molar-refractivity contribution in [1.29, 1.82) is 0 Å². The first-order valence-corrected chi connectivity index (χ1v) is 10.5. The van der Waals surface area contributed by atoms with E-state index < -0.39 is 5.60 Å². The van der Waals surface area contributed by atoms with Crippen molar-refractivity contribution in [3.05, 3.63) is 0 Å². The lowest BCUT2D eigenvalue weighted by Gasteiger charge is -2.26. The van der Waals surface area contributed by atoms with Gasteiger partial charge in [0.1, 0.15) is 0 Å². The quantitative estimate of drug-likeness (QED) is 0.264. The largest absolute Gasteiger partial charge is 0.388 e. The SMILES string of the molecule is CCCC(O)(CCC)CN=C(NCC)NCCCOCC1CCOCC1. The molecule has 1 rings (SSSR count). The van der Waals surface area contributed by atoms with Gasteiger partial charge in [-0.05, 0) is 44.9 Å². The maximum absolute atomic E-state index is 10.7. The fourth-order valence-electron chi connectivity index (χ4n) is 3.33. The van der Waals surface area contributed by atoms with E-state index in [1.807, 2.05) is 0 Å². The van der Waals surface area contributed by atoms with Crippen molar-refractivity contribution in [2.75, 3.05) is 46.1 Å². The average Bonchev–Trinajstić information content (AvgIpc) is 2.64. The topological polar surface area (TPSA) is 75.1 Å². The molecule has 1 saturated heterocycles. The van der Waals surface area contributed by atoms with Crippen LogP contribution in [-0.4, -0.2) is 62.7 Å². The highest BCUT2D eigenvalue weighted by molar-refractivity contribution is 5.79. The second-order valence-corrected chi connectivity index (χ2v) is 7.33. The third-order valence-electron chi connectivity index (χ3n) is 4.76. The number of hydrogen-bond acceptors (Lipinski definition) is 4. The molecule has 1 heterocycles. The number of aliphatic hydroxyl groups is 1. The van der Waals surface area contributed by atoms with Gasteiger partial charge in [-0.2, -0.15) is 0 Å². The van der Waals surface area contributed by atoms with E-state index in [4.69, 9.17) is 9.47 Å². The summed E-state index contributed by atoms with van der Waals surface area (Å²) in [5.41, 5.74) is -0.682. The Kier molecular flexibility index (Phi) is 12.7. The monoisotopic (exact) mass is 371 g/mol. The van der Waals surface area contributed by atoms with Crippen LogP contribution in [0.1, 0.15) is 65.7 Å². The van der Waals surface area contributed by atoms with Crippen molar-refractivity contribution < 1.29 is 14.6 Å². The molecule has 0 amide bonds. The van der Waals surface area contributed by atoms with Crippen molar-refractivity contribution in [1.82, 2.24) is 10.6 Å². The van der Waals surface area contributed by atoms with Gasteiger partial charge in [0.2, 0.25) is 0 Å². The van der Waals surface area contributed by atoms with Crippen LogP contribution in [0.5, 0.6) is 0 Å². The molecule has 3 N–H and O–H groups in total. The Morgan fingerprint density at radius 1 is 1.15 bits per heavy atom. The van der Waals surface area contributed by atoms with Gasteiger partial charge in [-0.25, -0.2) is 0 Å². The molecule has 0 atom stereocenters. The third kappa shape index (κ3) is 10.3. The molecule has 0 aliphatic carbocycles. The number of nitrogens with zero attached hydrogens (tertiary/aromatic N) is 1. The predicted octanol–water partition coefficient (Wildman–Crippen LogP) is 2.71. The highest BCUT2D eigenvalue weighted by Gasteiger charge is 2.24. The van der Waals surface area contributed by atoms with E-state index in [-0.39, 0.29) is 0 Å². The summed E-state index contributed by atoms with van der Waals surface area (Å²) in [5, 5.41) is 17.3. The first-order valence-electron chi connectivity index (χ1n) is 10.5. The van der Waals surface area contributed by atoms with Gasteiger partial charge in [0, 0.05) is 39.5 Å². The highest BCUT2D eigenvalue weighted by Crippen LogP contribution is 2.19. The molecule has 1 fully saturated rings. The van der Waals surface area contributed by atoms with E-state index in [9.17, 15) is 5.11 Å². The van der Waals surface area contributed by atoms with E-state index in [2.05, 4.69) is 36.4 Å². The lowest BCUT2D eigenvalue weighted by molar-refractivity contribution is 0.0203. The Balaban J connectivity index is 2.25. The summed E-state index contributed by atoms with van der Waals surface area (Å²) in [6.45, 7) is 11.7. The van der Waals surface area contributed by atoms with Gasteiger partial charge in [0.25, 0.3) is 0 Å². The zero-order valence-corrected chi connectivity index (χ0v) is 17.2. The smallest absolute Gasteiger partial charge is 0.191 e. The molecule has 26 heavy (non-hydrogen) atoms. The van der Waals surface area contributed by atoms with Crippen molar-refractivity contribution in [2.24, 2.45) is 10.9 Å². The molecule has 1 aliphatic rings. The minimum Gasteiger partial charge on any atom is -0.388 e. The van der Waals surface area contributed by atoms with E-state index in [0.29, 0.717) is 12.5 Å². The summed E-state index contributed by atoms with van der Waals surface area (Å²) in [6, 6.07) is 0. The molecule has 0 spiro atoms. The Labute approximate surface area is 160 Å². The zero-order valence-electron chi connectivity index (χ0n) is 17.2. The van der Waals surface area contributed by atoms with Crippen LogP contribution in [-0.2, 0) is 9.47 Å². The lowest BCUT2D eigenvalue weighted by atomic mass is 9.93. The second kappa shape index (κ2) is 14.2. The molecular formula is C20H41N3O3. The summed E-state index contributed by atoms with van der Waals surface area (Å²) >= 11 is 0. The highest BCUT2D eigenvalue weighted by atomic mass is 16.5. The standard InChI is InChI=1S/C20H41N3O3/c1-4-10-20(24,11-5-2)17-23-19(21-6-3)22-12-7-13-26-16-18-8-14-25-15-9-18/h18,24H,4-17H2,1-3H3,(H2,21,22,23). The number of nitrogens with one attached hydrogen (secondary N) is 2. The van der Waals surface area contributed by atoms with E-state index in [0.717, 1.165) is 90.4 Å². The van der Waals surface area contributed by atoms with Crippen LogP contribution in [0.4, 0.5) is 0 Å². The summed E-state index contributed by atoms with van der Waals surface area (Å²) in [7, 11) is 0. The van der Waals surface area contributed by atoms with Gasteiger partial charge < -0.3 is 25.2 Å². The number of aliphatic imine (C=N–C) groups is 1. The van der Waals surface area contributed by atoms with Crippen LogP contribution < -0.4 is 10.6 Å². The van der Waals surface area contributed by atoms with Gasteiger partial charge in [0.05, 0.1) is 12.1 Å². The predicted molar refractivity (Wildman–Crippen MR) is 108 cm³/mol. The van der Waals surface area contributed by atoms with Gasteiger partial charge >= 0.3 is 0 Å². The summed E-state index contributed by atoms with van der Waals surface area (Å²) in [6.07, 6.45) is 6.72. The van der Waals surface area contributed by atoms with Gasteiger partial charge in [0.15, 0.2) is 5.96 Å². The molecule has 1 aliphatic heterocycles. The van der Waals surface area contributed by atoms with Crippen LogP contribution >= 0.6 is 0 Å². The maximum atomic E-state index is 10.7. The van der Waals surface area contributed by atoms with Crippen molar-refractivity contribution in [2.45, 2.75) is 71.3 Å². The third-order valence-corrected chi connectivity index (χ3v) is 4.76. The fraction of sp³-hybridized carbons (Fsp3) is 0.950. The zero-order chi connectivity index (χ0) is 19.1. The lowest BCUT2D eigenvalue weighted by Crippen LogP contribution is -2.40. The number of guanidine groups is 1. The Bertz CT molecular complexity index is 365. The molecule has 0 saturated carbocycles. The molecule has 0 aromatic carbocycles.